The zero-order valence-corrected chi connectivity index (χ0v) is 17.5. The van der Waals surface area contributed by atoms with Gasteiger partial charge in [-0.3, -0.25) is 5.32 Å². The Hall–Kier alpha value is -2.35. The van der Waals surface area contributed by atoms with E-state index >= 15 is 0 Å². The molecule has 0 radical (unpaired) electrons. The van der Waals surface area contributed by atoms with E-state index in [0.717, 1.165) is 24.0 Å². The van der Waals surface area contributed by atoms with Gasteiger partial charge >= 0.3 is 6.03 Å². The molecule has 0 aliphatic carbocycles. The highest BCUT2D eigenvalue weighted by Crippen LogP contribution is 2.26. The van der Waals surface area contributed by atoms with Crippen LogP contribution in [-0.4, -0.2) is 35.9 Å². The highest BCUT2D eigenvalue weighted by Gasteiger charge is 2.16. The zero-order valence-electron chi connectivity index (χ0n) is 16.7. The van der Waals surface area contributed by atoms with Gasteiger partial charge in [0.05, 0.1) is 6.61 Å². The smallest absolute Gasteiger partial charge is 0.325 e. The van der Waals surface area contributed by atoms with Crippen molar-refractivity contribution in [3.05, 3.63) is 24.3 Å². The lowest BCUT2D eigenvalue weighted by Gasteiger charge is -2.25. The average Bonchev–Trinajstić information content (AvgIpc) is 3.04. The first-order valence-corrected chi connectivity index (χ1v) is 10.1. The lowest BCUT2D eigenvalue weighted by molar-refractivity contribution is 0.262. The summed E-state index contributed by atoms with van der Waals surface area (Å²) in [5.74, 6) is 1.81. The molecule has 0 bridgehead atoms. The van der Waals surface area contributed by atoms with Gasteiger partial charge < -0.3 is 15.0 Å². The van der Waals surface area contributed by atoms with Crippen molar-refractivity contribution >= 4 is 33.3 Å². The van der Waals surface area contributed by atoms with Crippen LogP contribution in [-0.2, 0) is 0 Å². The number of hydrogen-bond acceptors (Lipinski definition) is 6. The van der Waals surface area contributed by atoms with Crippen LogP contribution in [0.4, 0.5) is 20.7 Å². The predicted octanol–water partition coefficient (Wildman–Crippen LogP) is 4.70. The molecule has 0 aliphatic heterocycles. The summed E-state index contributed by atoms with van der Waals surface area (Å²) in [4.78, 5) is 14.4. The number of nitrogens with one attached hydrogen (secondary N) is 2. The van der Waals surface area contributed by atoms with E-state index in [9.17, 15) is 4.79 Å². The van der Waals surface area contributed by atoms with Gasteiger partial charge in [-0.1, -0.05) is 39.0 Å². The second kappa shape index (κ2) is 10.1. The Kier molecular flexibility index (Phi) is 7.84. The minimum Gasteiger partial charge on any atom is -0.494 e. The molecule has 1 aromatic heterocycles. The highest BCUT2D eigenvalue weighted by molar-refractivity contribution is 7.19. The number of ether oxygens (including phenoxy) is 1. The zero-order chi connectivity index (χ0) is 19.8. The Morgan fingerprint density at radius 2 is 1.70 bits per heavy atom. The molecular weight excluding hydrogens is 362 g/mol. The van der Waals surface area contributed by atoms with Crippen LogP contribution in [0.5, 0.6) is 5.75 Å². The summed E-state index contributed by atoms with van der Waals surface area (Å²) in [6.07, 6.45) is 0. The number of benzene rings is 1. The number of urea groups is 1. The quantitative estimate of drug-likeness (QED) is 0.648. The maximum Gasteiger partial charge on any atom is 0.325 e. The standard InChI is InChI=1S/C19H29N5O2S/c1-6-26-16-9-7-15(8-10-16)20-17(25)21-18-22-23-19(27-18)24(11-13(2)3)12-14(4)5/h7-10,13-14H,6,11-12H2,1-5H3,(H2,20,21,22,25). The molecule has 2 aromatic rings. The molecule has 0 saturated heterocycles. The molecule has 0 saturated carbocycles. The van der Waals surface area contributed by atoms with Crippen molar-refractivity contribution in [1.29, 1.82) is 0 Å². The van der Waals surface area contributed by atoms with E-state index in [1.165, 1.54) is 11.3 Å². The first-order valence-electron chi connectivity index (χ1n) is 9.26. The molecule has 1 aromatic carbocycles. The molecule has 7 nitrogen and oxygen atoms in total. The number of carbonyl (C=O) groups excluding carboxylic acids is 1. The van der Waals surface area contributed by atoms with Crippen molar-refractivity contribution < 1.29 is 9.53 Å². The van der Waals surface area contributed by atoms with Crippen LogP contribution in [0.1, 0.15) is 34.6 Å². The van der Waals surface area contributed by atoms with Gasteiger partial charge in [0.25, 0.3) is 0 Å². The third-order valence-electron chi connectivity index (χ3n) is 3.50. The number of anilines is 3. The largest absolute Gasteiger partial charge is 0.494 e. The molecular formula is C19H29N5O2S. The second-order valence-corrected chi connectivity index (χ2v) is 8.07. The van der Waals surface area contributed by atoms with E-state index in [0.29, 0.717) is 29.3 Å². The van der Waals surface area contributed by atoms with E-state index in [4.69, 9.17) is 4.74 Å². The van der Waals surface area contributed by atoms with Crippen molar-refractivity contribution in [3.63, 3.8) is 0 Å². The van der Waals surface area contributed by atoms with Crippen LogP contribution in [0.2, 0.25) is 0 Å². The van der Waals surface area contributed by atoms with Gasteiger partial charge in [-0.15, -0.1) is 10.2 Å². The van der Waals surface area contributed by atoms with Gasteiger partial charge in [-0.2, -0.15) is 0 Å². The topological polar surface area (TPSA) is 79.4 Å². The average molecular weight is 392 g/mol. The van der Waals surface area contributed by atoms with Gasteiger partial charge in [0.2, 0.25) is 10.3 Å². The lowest BCUT2D eigenvalue weighted by Crippen LogP contribution is -2.31. The van der Waals surface area contributed by atoms with Gasteiger partial charge in [0.15, 0.2) is 0 Å². The Balaban J connectivity index is 1.95. The molecule has 2 N–H and O–H groups in total. The minimum atomic E-state index is -0.346. The molecule has 0 fully saturated rings. The third-order valence-corrected chi connectivity index (χ3v) is 4.40. The summed E-state index contributed by atoms with van der Waals surface area (Å²) in [5.41, 5.74) is 0.682. The van der Waals surface area contributed by atoms with E-state index in [1.807, 2.05) is 19.1 Å². The van der Waals surface area contributed by atoms with E-state index < -0.39 is 0 Å². The molecule has 148 valence electrons. The number of hydrogen-bond donors (Lipinski definition) is 2. The van der Waals surface area contributed by atoms with Gasteiger partial charge in [-0.25, -0.2) is 4.79 Å². The number of aromatic nitrogens is 2. The monoisotopic (exact) mass is 391 g/mol. The molecule has 1 heterocycles. The van der Waals surface area contributed by atoms with Crippen molar-refractivity contribution in [3.8, 4) is 5.75 Å². The van der Waals surface area contributed by atoms with Gasteiger partial charge in [0.1, 0.15) is 5.75 Å². The van der Waals surface area contributed by atoms with Crippen LogP contribution in [0.15, 0.2) is 24.3 Å². The fraction of sp³-hybridized carbons (Fsp3) is 0.526. The van der Waals surface area contributed by atoms with Crippen LogP contribution < -0.4 is 20.3 Å². The second-order valence-electron chi connectivity index (χ2n) is 7.12. The third kappa shape index (κ3) is 7.05. The molecule has 0 aliphatic rings. The van der Waals surface area contributed by atoms with Crippen molar-refractivity contribution in [2.75, 3.05) is 35.2 Å². The molecule has 27 heavy (non-hydrogen) atoms. The fourth-order valence-electron chi connectivity index (χ4n) is 2.57. The Labute approximate surface area is 165 Å². The van der Waals surface area contributed by atoms with Gasteiger partial charge in [-0.05, 0) is 43.0 Å². The van der Waals surface area contributed by atoms with E-state index in [2.05, 4.69) is 53.4 Å². The first kappa shape index (κ1) is 21.0. The fourth-order valence-corrected chi connectivity index (χ4v) is 3.32. The lowest BCUT2D eigenvalue weighted by atomic mass is 10.1. The number of nitrogens with zero attached hydrogens (tertiary/aromatic N) is 3. The summed E-state index contributed by atoms with van der Waals surface area (Å²) in [7, 11) is 0. The molecule has 2 amide bonds. The Morgan fingerprint density at radius 1 is 1.07 bits per heavy atom. The van der Waals surface area contributed by atoms with Crippen LogP contribution in [0, 0.1) is 11.8 Å². The predicted molar refractivity (Wildman–Crippen MR) is 112 cm³/mol. The number of carbonyl (C=O) groups is 1. The van der Waals surface area contributed by atoms with Crippen molar-refractivity contribution in [2.24, 2.45) is 11.8 Å². The molecule has 2 rings (SSSR count). The normalized spacial score (nSPS) is 10.9. The SMILES string of the molecule is CCOc1ccc(NC(=O)Nc2nnc(N(CC(C)C)CC(C)C)s2)cc1. The first-order chi connectivity index (χ1) is 12.9. The maximum absolute atomic E-state index is 12.2. The molecule has 0 unspecified atom stereocenters. The molecule has 0 spiro atoms. The maximum atomic E-state index is 12.2. The van der Waals surface area contributed by atoms with E-state index in [1.54, 1.807) is 12.1 Å². The minimum absolute atomic E-state index is 0.346. The summed E-state index contributed by atoms with van der Waals surface area (Å²) < 4.78 is 5.39. The Bertz CT molecular complexity index is 705. The summed E-state index contributed by atoms with van der Waals surface area (Å²) in [6, 6.07) is 6.88. The van der Waals surface area contributed by atoms with Crippen LogP contribution >= 0.6 is 11.3 Å². The van der Waals surface area contributed by atoms with Crippen LogP contribution in [0.3, 0.4) is 0 Å². The number of amides is 2. The Morgan fingerprint density at radius 3 is 2.26 bits per heavy atom. The highest BCUT2D eigenvalue weighted by atomic mass is 32.1. The summed E-state index contributed by atoms with van der Waals surface area (Å²) >= 11 is 1.38. The van der Waals surface area contributed by atoms with Gasteiger partial charge in [0, 0.05) is 18.8 Å². The molecule has 8 heteroatoms. The summed E-state index contributed by atoms with van der Waals surface area (Å²) in [6.45, 7) is 13.1. The molecule has 0 atom stereocenters. The van der Waals surface area contributed by atoms with Crippen LogP contribution in [0.25, 0.3) is 0 Å². The van der Waals surface area contributed by atoms with Crippen molar-refractivity contribution in [2.45, 2.75) is 34.6 Å². The summed E-state index contributed by atoms with van der Waals surface area (Å²) in [5, 5.41) is 15.2. The van der Waals surface area contributed by atoms with Crippen molar-refractivity contribution in [1.82, 2.24) is 10.2 Å². The van der Waals surface area contributed by atoms with E-state index in [-0.39, 0.29) is 6.03 Å². The number of rotatable bonds is 9.